The lowest BCUT2D eigenvalue weighted by atomic mass is 10.0. The highest BCUT2D eigenvalue weighted by Crippen LogP contribution is 2.33. The molecule has 1 aliphatic rings. The van der Waals surface area contributed by atoms with Gasteiger partial charge in [0.15, 0.2) is 11.5 Å². The zero-order chi connectivity index (χ0) is 26.9. The molecule has 39 heavy (non-hydrogen) atoms. The van der Waals surface area contributed by atoms with Crippen LogP contribution in [-0.2, 0) is 0 Å². The van der Waals surface area contributed by atoms with Gasteiger partial charge in [-0.2, -0.15) is 0 Å². The van der Waals surface area contributed by atoms with Gasteiger partial charge in [0, 0.05) is 55.4 Å². The number of amides is 1. The van der Waals surface area contributed by atoms with E-state index in [9.17, 15) is 4.79 Å². The Labute approximate surface area is 231 Å². The second-order valence-corrected chi connectivity index (χ2v) is 10.1. The van der Waals surface area contributed by atoms with E-state index in [-0.39, 0.29) is 0 Å². The zero-order valence-corrected chi connectivity index (χ0v) is 22.3. The van der Waals surface area contributed by atoms with Gasteiger partial charge in [-0.3, -0.25) is 9.20 Å². The number of piperazine rings is 1. The standard InChI is InChI=1S/C30H28ClN7O/c1-36-14-16-37(17-15-36)26-11-8-23(18-25(26)31)20-6-9-24(10-7-20)35-29-30-33-12-13-38(30)27(19-34-29)21-2-4-22(5-3-21)28(32)39/h2-13,18-19H,14-17H2,1H3,(H2,32,39)(H,34,35). The number of rotatable bonds is 6. The minimum absolute atomic E-state index is 0.455. The van der Waals surface area contributed by atoms with Gasteiger partial charge in [0.05, 0.1) is 22.6 Å². The fourth-order valence-corrected chi connectivity index (χ4v) is 5.20. The highest BCUT2D eigenvalue weighted by atomic mass is 35.5. The van der Waals surface area contributed by atoms with Crippen LogP contribution in [0.25, 0.3) is 28.0 Å². The molecule has 0 saturated carbocycles. The first-order chi connectivity index (χ1) is 19.0. The number of anilines is 3. The molecule has 8 nitrogen and oxygen atoms in total. The topological polar surface area (TPSA) is 91.8 Å². The maximum absolute atomic E-state index is 11.4. The number of likely N-dealkylation sites (N-methyl/N-ethyl adjacent to an activating group) is 1. The van der Waals surface area contributed by atoms with E-state index < -0.39 is 5.91 Å². The molecule has 3 heterocycles. The van der Waals surface area contributed by atoms with Crippen molar-refractivity contribution in [2.24, 2.45) is 5.73 Å². The van der Waals surface area contributed by atoms with Crippen molar-refractivity contribution in [3.05, 3.63) is 95.9 Å². The first-order valence-corrected chi connectivity index (χ1v) is 13.2. The number of carbonyl (C=O) groups excluding carboxylic acids is 1. The number of halogens is 1. The van der Waals surface area contributed by atoms with Crippen LogP contribution < -0.4 is 16.0 Å². The molecule has 9 heteroatoms. The summed E-state index contributed by atoms with van der Waals surface area (Å²) in [7, 11) is 2.15. The van der Waals surface area contributed by atoms with Gasteiger partial charge >= 0.3 is 0 Å². The molecule has 1 amide bonds. The first kappa shape index (κ1) is 24.9. The van der Waals surface area contributed by atoms with Crippen molar-refractivity contribution >= 4 is 40.3 Å². The van der Waals surface area contributed by atoms with E-state index in [1.807, 2.05) is 40.9 Å². The summed E-state index contributed by atoms with van der Waals surface area (Å²) in [6.45, 7) is 4.05. The molecule has 1 aliphatic heterocycles. The van der Waals surface area contributed by atoms with Crippen molar-refractivity contribution in [2.45, 2.75) is 0 Å². The highest BCUT2D eigenvalue weighted by molar-refractivity contribution is 6.33. The minimum atomic E-state index is -0.455. The van der Waals surface area contributed by atoms with Gasteiger partial charge in [0.1, 0.15) is 0 Å². The Balaban J connectivity index is 1.20. The summed E-state index contributed by atoms with van der Waals surface area (Å²) in [5.41, 5.74) is 12.4. The van der Waals surface area contributed by atoms with Gasteiger partial charge in [0.25, 0.3) is 0 Å². The number of nitrogens with zero attached hydrogens (tertiary/aromatic N) is 5. The van der Waals surface area contributed by atoms with Gasteiger partial charge in [-0.1, -0.05) is 41.9 Å². The number of nitrogens with two attached hydrogens (primary N) is 1. The molecule has 0 atom stereocenters. The van der Waals surface area contributed by atoms with Crippen LogP contribution in [0.3, 0.4) is 0 Å². The van der Waals surface area contributed by atoms with Crippen LogP contribution in [-0.4, -0.2) is 58.4 Å². The van der Waals surface area contributed by atoms with E-state index in [1.165, 1.54) is 0 Å². The Bertz CT molecular complexity index is 1640. The summed E-state index contributed by atoms with van der Waals surface area (Å²) < 4.78 is 1.97. The quantitative estimate of drug-likeness (QED) is 0.305. The molecule has 6 rings (SSSR count). The zero-order valence-electron chi connectivity index (χ0n) is 21.5. The summed E-state index contributed by atoms with van der Waals surface area (Å²) in [6.07, 6.45) is 5.41. The average molecular weight is 538 g/mol. The number of nitrogens with one attached hydrogen (secondary N) is 1. The number of imidazole rings is 1. The molecule has 0 bridgehead atoms. The van der Waals surface area contributed by atoms with E-state index >= 15 is 0 Å². The Morgan fingerprint density at radius 2 is 1.59 bits per heavy atom. The Kier molecular flexibility index (Phi) is 6.64. The molecule has 0 spiro atoms. The number of hydrogen-bond donors (Lipinski definition) is 2. The van der Waals surface area contributed by atoms with Crippen LogP contribution in [0.5, 0.6) is 0 Å². The molecule has 1 fully saturated rings. The molecular weight excluding hydrogens is 510 g/mol. The number of primary amides is 1. The lowest BCUT2D eigenvalue weighted by Crippen LogP contribution is -2.44. The maximum atomic E-state index is 11.4. The normalized spacial score (nSPS) is 14.1. The van der Waals surface area contributed by atoms with Crippen molar-refractivity contribution in [1.82, 2.24) is 19.3 Å². The lowest BCUT2D eigenvalue weighted by molar-refractivity contribution is 0.100. The molecule has 3 aromatic carbocycles. The van der Waals surface area contributed by atoms with Crippen LogP contribution in [0.15, 0.2) is 85.3 Å². The smallest absolute Gasteiger partial charge is 0.248 e. The third-order valence-electron chi connectivity index (χ3n) is 7.17. The molecule has 0 unspecified atom stereocenters. The van der Waals surface area contributed by atoms with Crippen LogP contribution in [0.4, 0.5) is 17.2 Å². The molecule has 1 saturated heterocycles. The minimum Gasteiger partial charge on any atom is -0.368 e. The van der Waals surface area contributed by atoms with Crippen molar-refractivity contribution in [1.29, 1.82) is 0 Å². The third kappa shape index (κ3) is 5.04. The predicted octanol–water partition coefficient (Wildman–Crippen LogP) is 5.31. The van der Waals surface area contributed by atoms with Crippen LogP contribution in [0.1, 0.15) is 10.4 Å². The Morgan fingerprint density at radius 1 is 0.897 bits per heavy atom. The number of aromatic nitrogens is 3. The van der Waals surface area contributed by atoms with Crippen LogP contribution in [0, 0.1) is 0 Å². The van der Waals surface area contributed by atoms with Crippen molar-refractivity contribution in [3.63, 3.8) is 0 Å². The summed E-state index contributed by atoms with van der Waals surface area (Å²) in [6, 6.07) is 21.6. The van der Waals surface area contributed by atoms with Gasteiger partial charge < -0.3 is 20.9 Å². The molecule has 0 radical (unpaired) electrons. The van der Waals surface area contributed by atoms with Crippen molar-refractivity contribution in [2.75, 3.05) is 43.4 Å². The highest BCUT2D eigenvalue weighted by Gasteiger charge is 2.17. The number of carbonyl (C=O) groups is 1. The summed E-state index contributed by atoms with van der Waals surface area (Å²) in [4.78, 5) is 25.3. The van der Waals surface area contributed by atoms with E-state index in [0.717, 1.165) is 65.0 Å². The molecule has 0 aliphatic carbocycles. The largest absolute Gasteiger partial charge is 0.368 e. The number of fused-ring (bicyclic) bond motifs is 1. The van der Waals surface area contributed by atoms with Crippen LogP contribution >= 0.6 is 11.6 Å². The number of hydrogen-bond acceptors (Lipinski definition) is 6. The summed E-state index contributed by atoms with van der Waals surface area (Å²) >= 11 is 6.71. The Hall–Kier alpha value is -4.40. The van der Waals surface area contributed by atoms with E-state index in [1.54, 1.807) is 24.5 Å². The second kappa shape index (κ2) is 10.4. The monoisotopic (exact) mass is 537 g/mol. The van der Waals surface area contributed by atoms with Crippen molar-refractivity contribution in [3.8, 4) is 22.4 Å². The van der Waals surface area contributed by atoms with Crippen molar-refractivity contribution < 1.29 is 4.79 Å². The van der Waals surface area contributed by atoms with Gasteiger partial charge in [-0.05, 0) is 54.6 Å². The first-order valence-electron chi connectivity index (χ1n) is 12.8. The number of benzene rings is 3. The van der Waals surface area contributed by atoms with E-state index in [0.29, 0.717) is 17.0 Å². The predicted molar refractivity (Wildman–Crippen MR) is 157 cm³/mol. The fourth-order valence-electron chi connectivity index (χ4n) is 4.90. The van der Waals surface area contributed by atoms with E-state index in [2.05, 4.69) is 56.4 Å². The molecule has 2 aromatic heterocycles. The second-order valence-electron chi connectivity index (χ2n) is 9.71. The molecular formula is C30H28ClN7O. The SMILES string of the molecule is CN1CCN(c2ccc(-c3ccc(Nc4ncc(-c5ccc(C(N)=O)cc5)n5ccnc45)cc3)cc2Cl)CC1. The lowest BCUT2D eigenvalue weighted by Gasteiger charge is -2.34. The third-order valence-corrected chi connectivity index (χ3v) is 7.47. The molecule has 5 aromatic rings. The molecule has 3 N–H and O–H groups in total. The Morgan fingerprint density at radius 3 is 2.28 bits per heavy atom. The average Bonchev–Trinajstić information content (AvgIpc) is 3.45. The van der Waals surface area contributed by atoms with E-state index in [4.69, 9.17) is 17.3 Å². The maximum Gasteiger partial charge on any atom is 0.248 e. The van der Waals surface area contributed by atoms with Gasteiger partial charge in [-0.15, -0.1) is 0 Å². The summed E-state index contributed by atoms with van der Waals surface area (Å²) in [5, 5.41) is 4.16. The van der Waals surface area contributed by atoms with Gasteiger partial charge in [-0.25, -0.2) is 9.97 Å². The van der Waals surface area contributed by atoms with Gasteiger partial charge in [0.2, 0.25) is 5.91 Å². The molecule has 196 valence electrons. The summed E-state index contributed by atoms with van der Waals surface area (Å²) in [5.74, 6) is 0.189. The van der Waals surface area contributed by atoms with Crippen LogP contribution in [0.2, 0.25) is 5.02 Å². The fraction of sp³-hybridized carbons (Fsp3) is 0.167.